The third-order valence-corrected chi connectivity index (χ3v) is 4.94. The summed E-state index contributed by atoms with van der Waals surface area (Å²) in [4.78, 5) is 26.0. The zero-order valence-electron chi connectivity index (χ0n) is 16.7. The predicted molar refractivity (Wildman–Crippen MR) is 107 cm³/mol. The van der Waals surface area contributed by atoms with Gasteiger partial charge in [-0.1, -0.05) is 23.2 Å². The van der Waals surface area contributed by atoms with E-state index in [0.717, 1.165) is 0 Å². The first-order valence-electron chi connectivity index (χ1n) is 8.91. The molecule has 1 heterocycles. The van der Waals surface area contributed by atoms with Crippen LogP contribution in [0.25, 0.3) is 0 Å². The molecule has 156 valence electrons. The second kappa shape index (κ2) is 9.20. The molecule has 1 aliphatic heterocycles. The van der Waals surface area contributed by atoms with Crippen molar-refractivity contribution in [1.29, 1.82) is 0 Å². The van der Waals surface area contributed by atoms with E-state index < -0.39 is 17.7 Å². The van der Waals surface area contributed by atoms with E-state index in [4.69, 9.17) is 37.4 Å². The molecule has 1 N–H and O–H groups in total. The van der Waals surface area contributed by atoms with Gasteiger partial charge in [-0.05, 0) is 39.8 Å². The van der Waals surface area contributed by atoms with E-state index in [1.807, 2.05) is 0 Å². The predicted octanol–water partition coefficient (Wildman–Crippen LogP) is 4.02. The van der Waals surface area contributed by atoms with Crippen LogP contribution < -0.4 is 10.1 Å². The lowest BCUT2D eigenvalue weighted by atomic mass is 9.98. The Balaban J connectivity index is 1.99. The minimum absolute atomic E-state index is 0.0408. The number of ether oxygens (including phenoxy) is 3. The monoisotopic (exact) mass is 432 g/mol. The number of methoxy groups -OCH3 is 1. The highest BCUT2D eigenvalue weighted by atomic mass is 35.5. The van der Waals surface area contributed by atoms with Gasteiger partial charge in [-0.2, -0.15) is 0 Å². The SMILES string of the molecule is COCOc1ccc(Cl)c(Cl)c1[C@H](C)NC(=O)C1CN(C(=O)OC(C)(C)C)C1. The molecule has 1 fully saturated rings. The van der Waals surface area contributed by atoms with Crippen LogP contribution >= 0.6 is 23.2 Å². The highest BCUT2D eigenvalue weighted by Gasteiger charge is 2.38. The Morgan fingerprint density at radius 3 is 2.50 bits per heavy atom. The molecule has 0 saturated carbocycles. The maximum Gasteiger partial charge on any atom is 0.410 e. The zero-order valence-corrected chi connectivity index (χ0v) is 18.2. The van der Waals surface area contributed by atoms with Gasteiger partial charge in [0.05, 0.1) is 22.0 Å². The van der Waals surface area contributed by atoms with E-state index in [2.05, 4.69) is 5.32 Å². The van der Waals surface area contributed by atoms with Crippen molar-refractivity contribution in [3.63, 3.8) is 0 Å². The van der Waals surface area contributed by atoms with Crippen LogP contribution in [0.1, 0.15) is 39.3 Å². The number of hydrogen-bond donors (Lipinski definition) is 1. The van der Waals surface area contributed by atoms with E-state index in [1.54, 1.807) is 39.8 Å². The van der Waals surface area contributed by atoms with Crippen molar-refractivity contribution < 1.29 is 23.8 Å². The van der Waals surface area contributed by atoms with Crippen LogP contribution in [0, 0.1) is 5.92 Å². The van der Waals surface area contributed by atoms with Crippen molar-refractivity contribution in [3.05, 3.63) is 27.7 Å². The fourth-order valence-corrected chi connectivity index (χ4v) is 3.21. The number of hydrogen-bond acceptors (Lipinski definition) is 5. The Labute approximate surface area is 175 Å². The van der Waals surface area contributed by atoms with E-state index >= 15 is 0 Å². The van der Waals surface area contributed by atoms with Crippen molar-refractivity contribution in [2.45, 2.75) is 39.3 Å². The summed E-state index contributed by atoms with van der Waals surface area (Å²) in [7, 11) is 1.51. The number of nitrogens with one attached hydrogen (secondary N) is 1. The van der Waals surface area contributed by atoms with Gasteiger partial charge in [-0.3, -0.25) is 4.79 Å². The molecule has 9 heteroatoms. The summed E-state index contributed by atoms with van der Waals surface area (Å²) in [6.45, 7) is 7.85. The second-order valence-electron chi connectivity index (χ2n) is 7.64. The van der Waals surface area contributed by atoms with Gasteiger partial charge in [0.2, 0.25) is 5.91 Å². The van der Waals surface area contributed by atoms with E-state index in [1.165, 1.54) is 12.0 Å². The Bertz CT molecular complexity index is 730. The quantitative estimate of drug-likeness (QED) is 0.686. The second-order valence-corrected chi connectivity index (χ2v) is 8.42. The van der Waals surface area contributed by atoms with Gasteiger partial charge in [0.1, 0.15) is 11.4 Å². The molecule has 0 bridgehead atoms. The van der Waals surface area contributed by atoms with Gasteiger partial charge in [-0.15, -0.1) is 0 Å². The van der Waals surface area contributed by atoms with Crippen molar-refractivity contribution in [3.8, 4) is 5.75 Å². The third kappa shape index (κ3) is 5.65. The smallest absolute Gasteiger partial charge is 0.410 e. The summed E-state index contributed by atoms with van der Waals surface area (Å²) in [6.07, 6.45) is -0.419. The molecule has 1 saturated heterocycles. The standard InChI is InChI=1S/C19H26Cl2N2O5/c1-11(15-14(27-10-26-5)7-6-13(20)16(15)21)22-17(24)12-8-23(9-12)18(25)28-19(2,3)4/h6-7,11-12H,8-10H2,1-5H3,(H,22,24)/t11-/m0/s1. The topological polar surface area (TPSA) is 77.1 Å². The van der Waals surface area contributed by atoms with Crippen LogP contribution in [0.5, 0.6) is 5.75 Å². The molecule has 0 aromatic heterocycles. The average Bonchev–Trinajstić information content (AvgIpc) is 2.52. The molecule has 0 radical (unpaired) electrons. The first-order valence-corrected chi connectivity index (χ1v) is 9.67. The average molecular weight is 433 g/mol. The lowest BCUT2D eigenvalue weighted by molar-refractivity contribution is -0.130. The van der Waals surface area contributed by atoms with Gasteiger partial charge >= 0.3 is 6.09 Å². The van der Waals surface area contributed by atoms with Crippen molar-refractivity contribution in [1.82, 2.24) is 10.2 Å². The molecular weight excluding hydrogens is 407 g/mol. The lowest BCUT2D eigenvalue weighted by Crippen LogP contribution is -2.56. The Morgan fingerprint density at radius 1 is 1.29 bits per heavy atom. The van der Waals surface area contributed by atoms with Crippen LogP contribution in [0.3, 0.4) is 0 Å². The first-order chi connectivity index (χ1) is 13.0. The highest BCUT2D eigenvalue weighted by molar-refractivity contribution is 6.42. The number of carbonyl (C=O) groups excluding carboxylic acids is 2. The van der Waals surface area contributed by atoms with Crippen LogP contribution in [0.15, 0.2) is 12.1 Å². The lowest BCUT2D eigenvalue weighted by Gasteiger charge is -2.39. The van der Waals surface area contributed by atoms with Crippen LogP contribution in [-0.4, -0.2) is 49.5 Å². The summed E-state index contributed by atoms with van der Waals surface area (Å²) in [5.74, 6) is -0.00893. The number of carbonyl (C=O) groups is 2. The van der Waals surface area contributed by atoms with Gasteiger partial charge in [-0.25, -0.2) is 4.79 Å². The largest absolute Gasteiger partial charge is 0.467 e. The minimum Gasteiger partial charge on any atom is -0.467 e. The fraction of sp³-hybridized carbons (Fsp3) is 0.579. The van der Waals surface area contributed by atoms with Crippen molar-refractivity contribution in [2.75, 3.05) is 27.0 Å². The van der Waals surface area contributed by atoms with Gasteiger partial charge in [0.15, 0.2) is 6.79 Å². The summed E-state index contributed by atoms with van der Waals surface area (Å²) in [5.41, 5.74) is 0.00354. The first kappa shape index (κ1) is 22.6. The van der Waals surface area contributed by atoms with Crippen LogP contribution in [-0.2, 0) is 14.3 Å². The van der Waals surface area contributed by atoms with Crippen LogP contribution in [0.2, 0.25) is 10.0 Å². The molecular formula is C19H26Cl2N2O5. The molecule has 0 unspecified atom stereocenters. The van der Waals surface area contributed by atoms with Crippen molar-refractivity contribution >= 4 is 35.2 Å². The van der Waals surface area contributed by atoms with Gasteiger partial charge < -0.3 is 24.4 Å². The molecule has 1 aliphatic rings. The number of halogens is 2. The Kier molecular flexibility index (Phi) is 7.42. The number of likely N-dealkylation sites (tertiary alicyclic amines) is 1. The van der Waals surface area contributed by atoms with E-state index in [9.17, 15) is 9.59 Å². The molecule has 1 atom stereocenters. The maximum absolute atomic E-state index is 12.6. The minimum atomic E-state index is -0.569. The highest BCUT2D eigenvalue weighted by Crippen LogP contribution is 2.37. The summed E-state index contributed by atoms with van der Waals surface area (Å²) >= 11 is 12.5. The van der Waals surface area contributed by atoms with E-state index in [-0.39, 0.29) is 18.6 Å². The van der Waals surface area contributed by atoms with Gasteiger partial charge in [0.25, 0.3) is 0 Å². The van der Waals surface area contributed by atoms with Gasteiger partial charge in [0, 0.05) is 25.8 Å². The van der Waals surface area contributed by atoms with E-state index in [0.29, 0.717) is 34.4 Å². The molecule has 2 rings (SSSR count). The molecule has 1 aromatic rings. The molecule has 1 aromatic carbocycles. The van der Waals surface area contributed by atoms with Crippen molar-refractivity contribution in [2.24, 2.45) is 5.92 Å². The van der Waals surface area contributed by atoms with Crippen LogP contribution in [0.4, 0.5) is 4.79 Å². The molecule has 0 spiro atoms. The number of amides is 2. The molecule has 7 nitrogen and oxygen atoms in total. The fourth-order valence-electron chi connectivity index (χ4n) is 2.72. The Hall–Kier alpha value is -1.70. The normalized spacial score (nSPS) is 15.6. The molecule has 0 aliphatic carbocycles. The molecule has 28 heavy (non-hydrogen) atoms. The zero-order chi connectivity index (χ0) is 21.1. The molecule has 2 amide bonds. The third-order valence-electron chi connectivity index (χ3n) is 4.12. The Morgan fingerprint density at radius 2 is 1.93 bits per heavy atom. The number of rotatable bonds is 6. The summed E-state index contributed by atoms with van der Waals surface area (Å²) in [5, 5.41) is 3.58. The summed E-state index contributed by atoms with van der Waals surface area (Å²) < 4.78 is 15.8. The number of benzene rings is 1. The summed E-state index contributed by atoms with van der Waals surface area (Å²) in [6, 6.07) is 2.86. The number of nitrogens with zero attached hydrogens (tertiary/aromatic N) is 1. The maximum atomic E-state index is 12.6.